The lowest BCUT2D eigenvalue weighted by Crippen LogP contribution is -2.13. The van der Waals surface area contributed by atoms with Gasteiger partial charge in [-0.3, -0.25) is 9.59 Å². The molecule has 0 unspecified atom stereocenters. The number of nitriles is 1. The van der Waals surface area contributed by atoms with Gasteiger partial charge in [-0.1, -0.05) is 60.7 Å². The molecule has 156 valence electrons. The summed E-state index contributed by atoms with van der Waals surface area (Å²) in [6, 6.07) is 26.5. The molecule has 4 rings (SSSR count). The van der Waals surface area contributed by atoms with E-state index >= 15 is 0 Å². The Labute approximate surface area is 184 Å². The SMILES string of the molecule is N#C/C(=C\c1cn(CC(=O)O)c2ccccc12)C(=O)Nc1ccc(-c2ccccc2)cc1. The van der Waals surface area contributed by atoms with Crippen molar-refractivity contribution in [2.24, 2.45) is 0 Å². The number of aromatic nitrogens is 1. The van der Waals surface area contributed by atoms with Gasteiger partial charge < -0.3 is 15.0 Å². The Kier molecular flexibility index (Phi) is 5.82. The lowest BCUT2D eigenvalue weighted by Gasteiger charge is -2.06. The first kappa shape index (κ1) is 20.6. The summed E-state index contributed by atoms with van der Waals surface area (Å²) in [4.78, 5) is 23.9. The maximum Gasteiger partial charge on any atom is 0.323 e. The molecular weight excluding hydrogens is 402 g/mol. The smallest absolute Gasteiger partial charge is 0.323 e. The van der Waals surface area contributed by atoms with Crippen molar-refractivity contribution in [3.8, 4) is 17.2 Å². The molecule has 0 aliphatic carbocycles. The lowest BCUT2D eigenvalue weighted by atomic mass is 10.1. The van der Waals surface area contributed by atoms with E-state index in [0.717, 1.165) is 22.0 Å². The van der Waals surface area contributed by atoms with Gasteiger partial charge in [0, 0.05) is 28.4 Å². The highest BCUT2D eigenvalue weighted by Crippen LogP contribution is 2.25. The molecule has 1 heterocycles. The zero-order chi connectivity index (χ0) is 22.5. The van der Waals surface area contributed by atoms with Crippen LogP contribution in [0.3, 0.4) is 0 Å². The number of aliphatic carboxylic acids is 1. The summed E-state index contributed by atoms with van der Waals surface area (Å²) < 4.78 is 1.58. The molecular formula is C26H19N3O3. The normalized spacial score (nSPS) is 11.2. The van der Waals surface area contributed by atoms with Crippen molar-refractivity contribution in [1.82, 2.24) is 4.57 Å². The number of hydrogen-bond donors (Lipinski definition) is 2. The first-order valence-electron chi connectivity index (χ1n) is 9.93. The number of carboxylic acids is 1. The van der Waals surface area contributed by atoms with Gasteiger partial charge in [0.15, 0.2) is 0 Å². The molecule has 0 aliphatic heterocycles. The number of para-hydroxylation sites is 1. The molecule has 6 heteroatoms. The van der Waals surface area contributed by atoms with E-state index in [2.05, 4.69) is 5.32 Å². The number of rotatable bonds is 6. The Balaban J connectivity index is 1.58. The minimum Gasteiger partial charge on any atom is -0.480 e. The average molecular weight is 421 g/mol. The van der Waals surface area contributed by atoms with Crippen LogP contribution >= 0.6 is 0 Å². The summed E-state index contributed by atoms with van der Waals surface area (Å²) in [6.07, 6.45) is 3.12. The summed E-state index contributed by atoms with van der Waals surface area (Å²) >= 11 is 0. The minimum atomic E-state index is -0.974. The van der Waals surface area contributed by atoms with Gasteiger partial charge in [-0.2, -0.15) is 5.26 Å². The number of benzene rings is 3. The second-order valence-electron chi connectivity index (χ2n) is 7.19. The van der Waals surface area contributed by atoms with Crippen LogP contribution in [0.25, 0.3) is 28.1 Å². The predicted molar refractivity (Wildman–Crippen MR) is 124 cm³/mol. The van der Waals surface area contributed by atoms with Crippen molar-refractivity contribution in [3.05, 3.63) is 96.2 Å². The molecule has 3 aromatic carbocycles. The number of anilines is 1. The molecule has 0 aliphatic rings. The maximum absolute atomic E-state index is 12.7. The summed E-state index contributed by atoms with van der Waals surface area (Å²) in [5.41, 5.74) is 3.91. The third kappa shape index (κ3) is 4.42. The van der Waals surface area contributed by atoms with Crippen molar-refractivity contribution in [2.45, 2.75) is 6.54 Å². The van der Waals surface area contributed by atoms with Gasteiger partial charge in [0.25, 0.3) is 5.91 Å². The van der Waals surface area contributed by atoms with E-state index in [0.29, 0.717) is 11.3 Å². The second-order valence-corrected chi connectivity index (χ2v) is 7.19. The van der Waals surface area contributed by atoms with Crippen molar-refractivity contribution < 1.29 is 14.7 Å². The van der Waals surface area contributed by atoms with Crippen LogP contribution in [0, 0.1) is 11.3 Å². The topological polar surface area (TPSA) is 95.1 Å². The Bertz CT molecular complexity index is 1360. The number of carbonyl (C=O) groups excluding carboxylic acids is 1. The molecule has 6 nitrogen and oxygen atoms in total. The van der Waals surface area contributed by atoms with E-state index in [1.807, 2.05) is 66.7 Å². The van der Waals surface area contributed by atoms with Crippen LogP contribution in [0.5, 0.6) is 0 Å². The van der Waals surface area contributed by atoms with E-state index in [1.54, 1.807) is 29.0 Å². The Morgan fingerprint density at radius 3 is 2.28 bits per heavy atom. The van der Waals surface area contributed by atoms with Crippen molar-refractivity contribution >= 4 is 34.5 Å². The van der Waals surface area contributed by atoms with Gasteiger partial charge in [0.05, 0.1) is 0 Å². The van der Waals surface area contributed by atoms with E-state index in [9.17, 15) is 14.9 Å². The van der Waals surface area contributed by atoms with Crippen molar-refractivity contribution in [1.29, 1.82) is 5.26 Å². The highest BCUT2D eigenvalue weighted by atomic mass is 16.4. The van der Waals surface area contributed by atoms with Gasteiger partial charge in [-0.05, 0) is 35.4 Å². The molecule has 0 radical (unpaired) electrons. The fourth-order valence-electron chi connectivity index (χ4n) is 3.55. The zero-order valence-electron chi connectivity index (χ0n) is 17.0. The van der Waals surface area contributed by atoms with E-state index < -0.39 is 11.9 Å². The van der Waals surface area contributed by atoms with Crippen LogP contribution in [0.1, 0.15) is 5.56 Å². The Hall–Kier alpha value is -4.63. The van der Waals surface area contributed by atoms with Crippen molar-refractivity contribution in [3.63, 3.8) is 0 Å². The van der Waals surface area contributed by atoms with Crippen LogP contribution in [0.2, 0.25) is 0 Å². The molecule has 2 N–H and O–H groups in total. The molecule has 0 atom stereocenters. The molecule has 1 aromatic heterocycles. The van der Waals surface area contributed by atoms with Crippen LogP contribution in [0.4, 0.5) is 5.69 Å². The molecule has 4 aromatic rings. The van der Waals surface area contributed by atoms with Crippen LogP contribution < -0.4 is 5.32 Å². The third-order valence-electron chi connectivity index (χ3n) is 5.04. The number of fused-ring (bicyclic) bond motifs is 1. The highest BCUT2D eigenvalue weighted by Gasteiger charge is 2.14. The first-order chi connectivity index (χ1) is 15.5. The van der Waals surface area contributed by atoms with E-state index in [1.165, 1.54) is 6.08 Å². The van der Waals surface area contributed by atoms with Gasteiger partial charge in [0.1, 0.15) is 18.2 Å². The fourth-order valence-corrected chi connectivity index (χ4v) is 3.55. The summed E-state index contributed by atoms with van der Waals surface area (Å²) in [5, 5.41) is 22.2. The molecule has 0 fully saturated rings. The maximum atomic E-state index is 12.7. The number of carbonyl (C=O) groups is 2. The van der Waals surface area contributed by atoms with Gasteiger partial charge in [0.2, 0.25) is 0 Å². The molecule has 0 spiro atoms. The molecule has 1 amide bonds. The summed E-state index contributed by atoms with van der Waals surface area (Å²) in [5.74, 6) is -1.51. The number of nitrogens with zero attached hydrogens (tertiary/aromatic N) is 2. The van der Waals surface area contributed by atoms with Crippen LogP contribution in [0.15, 0.2) is 90.6 Å². The Morgan fingerprint density at radius 1 is 0.938 bits per heavy atom. The fraction of sp³-hybridized carbons (Fsp3) is 0.0385. The summed E-state index contributed by atoms with van der Waals surface area (Å²) in [6.45, 7) is -0.212. The van der Waals surface area contributed by atoms with Gasteiger partial charge in [-0.15, -0.1) is 0 Å². The summed E-state index contributed by atoms with van der Waals surface area (Å²) in [7, 11) is 0. The van der Waals surface area contributed by atoms with E-state index in [4.69, 9.17) is 5.11 Å². The quantitative estimate of drug-likeness (QED) is 0.341. The number of carboxylic acid groups (broad SMARTS) is 1. The van der Waals surface area contributed by atoms with Gasteiger partial charge >= 0.3 is 5.97 Å². The minimum absolute atomic E-state index is 0.0737. The van der Waals surface area contributed by atoms with Gasteiger partial charge in [-0.25, -0.2) is 0 Å². The van der Waals surface area contributed by atoms with Crippen LogP contribution in [-0.4, -0.2) is 21.6 Å². The zero-order valence-corrected chi connectivity index (χ0v) is 17.0. The molecule has 0 saturated carbocycles. The van der Waals surface area contributed by atoms with Crippen molar-refractivity contribution in [2.75, 3.05) is 5.32 Å². The molecule has 0 saturated heterocycles. The van der Waals surface area contributed by atoms with Crippen LogP contribution in [-0.2, 0) is 16.1 Å². The highest BCUT2D eigenvalue weighted by molar-refractivity contribution is 6.10. The molecule has 32 heavy (non-hydrogen) atoms. The largest absolute Gasteiger partial charge is 0.480 e. The standard InChI is InChI=1S/C26H19N3O3/c27-15-20(14-21-16-29(17-25(30)31)24-9-5-4-8-23(21)24)26(32)28-22-12-10-19(11-13-22)18-6-2-1-3-7-18/h1-14,16H,17H2,(H,28,32)(H,30,31)/b20-14+. The number of hydrogen-bond acceptors (Lipinski definition) is 3. The lowest BCUT2D eigenvalue weighted by molar-refractivity contribution is -0.137. The first-order valence-corrected chi connectivity index (χ1v) is 9.93. The Morgan fingerprint density at radius 2 is 1.59 bits per heavy atom. The second kappa shape index (κ2) is 9.02. The molecule has 0 bridgehead atoms. The average Bonchev–Trinajstić information content (AvgIpc) is 3.15. The number of amides is 1. The third-order valence-corrected chi connectivity index (χ3v) is 5.04. The number of nitrogens with one attached hydrogen (secondary N) is 1. The monoisotopic (exact) mass is 421 g/mol. The van der Waals surface area contributed by atoms with E-state index in [-0.39, 0.29) is 12.1 Å². The predicted octanol–water partition coefficient (Wildman–Crippen LogP) is 4.94.